The van der Waals surface area contributed by atoms with Crippen LogP contribution in [0.3, 0.4) is 0 Å². The maximum atomic E-state index is 2.55. The third-order valence-corrected chi connectivity index (χ3v) is 11.8. The van der Waals surface area contributed by atoms with E-state index in [0.29, 0.717) is 0 Å². The second kappa shape index (κ2) is 12.0. The van der Waals surface area contributed by atoms with Crippen LogP contribution in [0.4, 0.5) is 0 Å². The molecule has 12 rings (SSSR count). The lowest BCUT2D eigenvalue weighted by atomic mass is 9.98. The summed E-state index contributed by atoms with van der Waals surface area (Å²) in [7, 11) is 0. The second-order valence-electron chi connectivity index (χ2n) is 14.9. The third kappa shape index (κ3) is 4.57. The molecular weight excluding hydrogens is 677 g/mol. The molecule has 0 atom stereocenters. The van der Waals surface area contributed by atoms with E-state index in [4.69, 9.17) is 0 Å². The Labute approximate surface area is 324 Å². The predicted octanol–water partition coefficient (Wildman–Crippen LogP) is 14.6. The van der Waals surface area contributed by atoms with Crippen LogP contribution in [-0.4, -0.2) is 8.97 Å². The van der Waals surface area contributed by atoms with E-state index in [1.54, 1.807) is 0 Å². The van der Waals surface area contributed by atoms with Crippen molar-refractivity contribution in [2.75, 3.05) is 0 Å². The summed E-state index contributed by atoms with van der Waals surface area (Å²) < 4.78 is 5.06. The Morgan fingerprint density at radius 2 is 0.679 bits per heavy atom. The maximum absolute atomic E-state index is 2.55. The van der Waals surface area contributed by atoms with Crippen LogP contribution in [0, 0.1) is 0 Å². The van der Waals surface area contributed by atoms with Crippen LogP contribution in [0.25, 0.3) is 110 Å². The molecule has 9 aromatic carbocycles. The van der Waals surface area contributed by atoms with E-state index in [0.717, 1.165) is 5.69 Å². The summed E-state index contributed by atoms with van der Waals surface area (Å²) in [6.07, 6.45) is 0. The SMILES string of the molecule is c1ccc(-c2cccc(-n3c4cc(-c5ccccc5)ccc4c4c5c6ccc(-c7ccccc7)cc6n6c7cc(-c8ccccc8)ccc7c(cc43)c56)c2)cc1. The summed E-state index contributed by atoms with van der Waals surface area (Å²) in [4.78, 5) is 0. The molecule has 0 unspecified atom stereocenters. The van der Waals surface area contributed by atoms with Crippen molar-refractivity contribution >= 4 is 59.9 Å². The Balaban J connectivity index is 1.25. The van der Waals surface area contributed by atoms with Gasteiger partial charge in [-0.15, -0.1) is 0 Å². The van der Waals surface area contributed by atoms with Gasteiger partial charge >= 0.3 is 0 Å². The molecule has 3 aromatic heterocycles. The first-order chi connectivity index (χ1) is 27.8. The van der Waals surface area contributed by atoms with Crippen LogP contribution < -0.4 is 0 Å². The number of hydrogen-bond donors (Lipinski definition) is 0. The zero-order valence-electron chi connectivity index (χ0n) is 30.5. The van der Waals surface area contributed by atoms with Crippen molar-refractivity contribution in [3.8, 4) is 50.2 Å². The normalized spacial score (nSPS) is 11.9. The Kier molecular flexibility index (Phi) is 6.66. The van der Waals surface area contributed by atoms with Crippen molar-refractivity contribution in [1.82, 2.24) is 8.97 Å². The molecule has 0 spiro atoms. The number of nitrogens with zero attached hydrogens (tertiary/aromatic N) is 2. The molecule has 3 heterocycles. The quantitative estimate of drug-likeness (QED) is 0.168. The molecule has 2 nitrogen and oxygen atoms in total. The average molecular weight is 711 g/mol. The molecule has 0 bridgehead atoms. The van der Waals surface area contributed by atoms with Gasteiger partial charge in [0.15, 0.2) is 0 Å². The highest BCUT2D eigenvalue weighted by molar-refractivity contribution is 6.36. The molecule has 0 N–H and O–H groups in total. The number of fused-ring (bicyclic) bond motifs is 10. The Morgan fingerprint density at radius 3 is 1.21 bits per heavy atom. The molecule has 260 valence electrons. The minimum atomic E-state index is 1.15. The highest BCUT2D eigenvalue weighted by Crippen LogP contribution is 2.48. The fraction of sp³-hybridized carbons (Fsp3) is 0. The van der Waals surface area contributed by atoms with E-state index in [-0.39, 0.29) is 0 Å². The molecule has 0 aliphatic carbocycles. The zero-order valence-corrected chi connectivity index (χ0v) is 30.5. The highest BCUT2D eigenvalue weighted by Gasteiger charge is 2.25. The first-order valence-corrected chi connectivity index (χ1v) is 19.3. The van der Waals surface area contributed by atoms with Crippen molar-refractivity contribution < 1.29 is 0 Å². The molecule has 0 amide bonds. The van der Waals surface area contributed by atoms with Gasteiger partial charge in [-0.25, -0.2) is 0 Å². The van der Waals surface area contributed by atoms with Crippen LogP contribution in [0.1, 0.15) is 0 Å². The van der Waals surface area contributed by atoms with Crippen molar-refractivity contribution in [1.29, 1.82) is 0 Å². The molecule has 56 heavy (non-hydrogen) atoms. The fourth-order valence-corrected chi connectivity index (χ4v) is 9.27. The molecule has 0 aliphatic heterocycles. The molecule has 0 saturated carbocycles. The summed E-state index contributed by atoms with van der Waals surface area (Å²) >= 11 is 0. The van der Waals surface area contributed by atoms with Gasteiger partial charge in [0.05, 0.1) is 27.6 Å². The van der Waals surface area contributed by atoms with Crippen molar-refractivity contribution in [2.45, 2.75) is 0 Å². The van der Waals surface area contributed by atoms with Gasteiger partial charge < -0.3 is 8.97 Å². The number of benzene rings is 9. The molecule has 0 fully saturated rings. The van der Waals surface area contributed by atoms with Crippen LogP contribution >= 0.6 is 0 Å². The fourth-order valence-electron chi connectivity index (χ4n) is 9.27. The minimum absolute atomic E-state index is 1.15. The summed E-state index contributed by atoms with van der Waals surface area (Å²) in [5, 5.41) is 7.65. The predicted molar refractivity (Wildman–Crippen MR) is 237 cm³/mol. The molecule has 2 heteroatoms. The first kappa shape index (κ1) is 31.0. The first-order valence-electron chi connectivity index (χ1n) is 19.3. The molecule has 0 aliphatic rings. The Hall–Kier alpha value is -7.42. The maximum Gasteiger partial charge on any atom is 0.0628 e. The molecule has 0 radical (unpaired) electrons. The van der Waals surface area contributed by atoms with Gasteiger partial charge in [-0.05, 0) is 80.9 Å². The topological polar surface area (TPSA) is 9.34 Å². The Morgan fingerprint density at radius 1 is 0.250 bits per heavy atom. The van der Waals surface area contributed by atoms with Crippen molar-refractivity contribution in [3.63, 3.8) is 0 Å². The number of aromatic nitrogens is 2. The summed E-state index contributed by atoms with van der Waals surface area (Å²) in [6.45, 7) is 0. The number of rotatable bonds is 5. The van der Waals surface area contributed by atoms with Gasteiger partial charge in [0, 0.05) is 38.0 Å². The van der Waals surface area contributed by atoms with E-state index in [1.165, 1.54) is 104 Å². The van der Waals surface area contributed by atoms with Crippen LogP contribution in [0.5, 0.6) is 0 Å². The lowest BCUT2D eigenvalue weighted by Crippen LogP contribution is -1.95. The van der Waals surface area contributed by atoms with Crippen LogP contribution in [-0.2, 0) is 0 Å². The van der Waals surface area contributed by atoms with Gasteiger partial charge in [-0.1, -0.05) is 170 Å². The van der Waals surface area contributed by atoms with Gasteiger partial charge in [-0.2, -0.15) is 0 Å². The van der Waals surface area contributed by atoms with Gasteiger partial charge in [-0.3, -0.25) is 0 Å². The average Bonchev–Trinajstić information content (AvgIpc) is 3.91. The summed E-state index contributed by atoms with van der Waals surface area (Å²) in [6, 6.07) is 75.6. The van der Waals surface area contributed by atoms with Gasteiger partial charge in [0.1, 0.15) is 0 Å². The molecular formula is C54H34N2. The number of hydrogen-bond acceptors (Lipinski definition) is 0. The van der Waals surface area contributed by atoms with Gasteiger partial charge in [0.25, 0.3) is 0 Å². The Bertz CT molecular complexity index is 3430. The zero-order chi connectivity index (χ0) is 36.7. The summed E-state index contributed by atoms with van der Waals surface area (Å²) in [5.41, 5.74) is 17.0. The van der Waals surface area contributed by atoms with Gasteiger partial charge in [0.2, 0.25) is 0 Å². The second-order valence-corrected chi connectivity index (χ2v) is 14.9. The largest absolute Gasteiger partial charge is 0.309 e. The highest BCUT2D eigenvalue weighted by atomic mass is 15.0. The molecule has 0 saturated heterocycles. The monoisotopic (exact) mass is 710 g/mol. The van der Waals surface area contributed by atoms with E-state index in [2.05, 4.69) is 215 Å². The minimum Gasteiger partial charge on any atom is -0.309 e. The standard InChI is InChI=1S/C54H34N2/c1-5-14-35(15-6-1)39-22-13-23-43(30-39)55-49-32-41(37-18-9-3-10-19-37)25-28-45(49)52-51(55)34-47-44-27-24-40(36-16-7-2-8-17-36)31-48(44)56-50-33-42(38-20-11-4-12-21-38)26-29-46(50)53(52)54(47)56/h1-34H. The van der Waals surface area contributed by atoms with Crippen LogP contribution in [0.15, 0.2) is 206 Å². The third-order valence-electron chi connectivity index (χ3n) is 11.8. The summed E-state index contributed by atoms with van der Waals surface area (Å²) in [5.74, 6) is 0. The molecule has 12 aromatic rings. The van der Waals surface area contributed by atoms with E-state index < -0.39 is 0 Å². The van der Waals surface area contributed by atoms with Crippen molar-refractivity contribution in [3.05, 3.63) is 206 Å². The van der Waals surface area contributed by atoms with Crippen LogP contribution in [0.2, 0.25) is 0 Å². The van der Waals surface area contributed by atoms with E-state index in [9.17, 15) is 0 Å². The lowest BCUT2D eigenvalue weighted by Gasteiger charge is -2.11. The van der Waals surface area contributed by atoms with E-state index >= 15 is 0 Å². The van der Waals surface area contributed by atoms with Crippen molar-refractivity contribution in [2.24, 2.45) is 0 Å². The van der Waals surface area contributed by atoms with E-state index in [1.807, 2.05) is 0 Å². The lowest BCUT2D eigenvalue weighted by molar-refractivity contribution is 1.18. The smallest absolute Gasteiger partial charge is 0.0628 e.